The Morgan fingerprint density at radius 3 is 2.85 bits per heavy atom. The fraction of sp³-hybridized carbons (Fsp3) is 0.214. The molecule has 1 unspecified atom stereocenters. The lowest BCUT2D eigenvalue weighted by molar-refractivity contribution is -0.384. The minimum atomic E-state index is -0.424. The average Bonchev–Trinajstić information content (AvgIpc) is 2.73. The van der Waals surface area contributed by atoms with E-state index >= 15 is 0 Å². The number of halogens is 1. The van der Waals surface area contributed by atoms with Crippen molar-refractivity contribution >= 4 is 28.8 Å². The second-order valence-corrected chi connectivity index (χ2v) is 5.17. The van der Waals surface area contributed by atoms with Gasteiger partial charge in [-0.25, -0.2) is 4.98 Å². The van der Waals surface area contributed by atoms with E-state index in [0.29, 0.717) is 5.82 Å². The Labute approximate surface area is 121 Å². The van der Waals surface area contributed by atoms with Crippen LogP contribution in [0.1, 0.15) is 12.5 Å². The minimum absolute atomic E-state index is 0.0297. The highest BCUT2D eigenvalue weighted by Crippen LogP contribution is 2.41. The molecule has 6 heteroatoms. The molecule has 0 fully saturated rings. The number of fused-ring (bicyclic) bond motifs is 1. The second-order valence-electron chi connectivity index (χ2n) is 4.79. The van der Waals surface area contributed by atoms with Crippen molar-refractivity contribution < 1.29 is 4.92 Å². The summed E-state index contributed by atoms with van der Waals surface area (Å²) in [6.07, 6.45) is 0.835. The van der Waals surface area contributed by atoms with Gasteiger partial charge in [-0.1, -0.05) is 29.8 Å². The van der Waals surface area contributed by atoms with Crippen molar-refractivity contribution in [2.75, 3.05) is 4.90 Å². The molecule has 0 aliphatic carbocycles. The van der Waals surface area contributed by atoms with Crippen molar-refractivity contribution in [3.63, 3.8) is 0 Å². The number of aromatic nitrogens is 1. The first-order valence-electron chi connectivity index (χ1n) is 6.26. The summed E-state index contributed by atoms with van der Waals surface area (Å²) < 4.78 is 0. The average molecular weight is 290 g/mol. The number of hydrogen-bond donors (Lipinski definition) is 0. The Morgan fingerprint density at radius 1 is 1.35 bits per heavy atom. The Kier molecular flexibility index (Phi) is 3.06. The van der Waals surface area contributed by atoms with Crippen LogP contribution in [0.3, 0.4) is 0 Å². The van der Waals surface area contributed by atoms with Crippen molar-refractivity contribution in [1.82, 2.24) is 4.98 Å². The number of benzene rings is 1. The van der Waals surface area contributed by atoms with E-state index in [1.807, 2.05) is 36.1 Å². The Hall–Kier alpha value is -2.14. The molecule has 5 nitrogen and oxygen atoms in total. The summed E-state index contributed by atoms with van der Waals surface area (Å²) in [5.41, 5.74) is 2.09. The molecule has 102 valence electrons. The van der Waals surface area contributed by atoms with Crippen molar-refractivity contribution in [3.05, 3.63) is 57.2 Å². The van der Waals surface area contributed by atoms with Crippen molar-refractivity contribution in [3.8, 4) is 0 Å². The van der Waals surface area contributed by atoms with E-state index in [1.165, 1.54) is 12.1 Å². The molecule has 2 heterocycles. The number of nitro groups is 1. The molecule has 0 N–H and O–H groups in total. The van der Waals surface area contributed by atoms with Crippen LogP contribution in [0.15, 0.2) is 36.4 Å². The van der Waals surface area contributed by atoms with E-state index in [9.17, 15) is 10.1 Å². The van der Waals surface area contributed by atoms with Gasteiger partial charge in [0.05, 0.1) is 4.92 Å². The fourth-order valence-electron chi connectivity index (χ4n) is 2.63. The lowest BCUT2D eigenvalue weighted by atomic mass is 10.1. The standard InChI is InChI=1S/C14H12ClN3O2/c1-9-8-10-4-2-3-5-11(10)17(9)14-12(18(19)20)6-7-13(15)16-14/h2-7,9H,8H2,1H3. The van der Waals surface area contributed by atoms with Crippen molar-refractivity contribution in [2.24, 2.45) is 0 Å². The fourth-order valence-corrected chi connectivity index (χ4v) is 2.77. The summed E-state index contributed by atoms with van der Waals surface area (Å²) in [7, 11) is 0. The van der Waals surface area contributed by atoms with Crippen LogP contribution in [0.5, 0.6) is 0 Å². The quantitative estimate of drug-likeness (QED) is 0.480. The summed E-state index contributed by atoms with van der Waals surface area (Å²) in [6.45, 7) is 2.02. The predicted octanol–water partition coefficient (Wildman–Crippen LogP) is 3.73. The lowest BCUT2D eigenvalue weighted by Crippen LogP contribution is -2.25. The molecule has 1 atom stereocenters. The molecule has 2 aromatic rings. The topological polar surface area (TPSA) is 59.3 Å². The number of hydrogen-bond acceptors (Lipinski definition) is 4. The number of rotatable bonds is 2. The molecule has 0 spiro atoms. The van der Waals surface area contributed by atoms with Gasteiger partial charge < -0.3 is 4.90 Å². The molecule has 0 radical (unpaired) electrons. The Balaban J connectivity index is 2.18. The zero-order valence-electron chi connectivity index (χ0n) is 10.8. The molecule has 0 bridgehead atoms. The molecular weight excluding hydrogens is 278 g/mol. The van der Waals surface area contributed by atoms with Crippen LogP contribution < -0.4 is 4.90 Å². The van der Waals surface area contributed by atoms with Gasteiger partial charge in [-0.3, -0.25) is 10.1 Å². The molecule has 0 saturated heterocycles. The maximum atomic E-state index is 11.2. The van der Waals surface area contributed by atoms with Crippen molar-refractivity contribution in [2.45, 2.75) is 19.4 Å². The molecule has 1 aliphatic heterocycles. The van der Waals surface area contributed by atoms with Crippen LogP contribution in [0.2, 0.25) is 5.15 Å². The van der Waals surface area contributed by atoms with Gasteiger partial charge in [-0.05, 0) is 31.0 Å². The monoisotopic (exact) mass is 289 g/mol. The first-order valence-corrected chi connectivity index (χ1v) is 6.64. The molecule has 20 heavy (non-hydrogen) atoms. The zero-order chi connectivity index (χ0) is 14.3. The normalized spacial score (nSPS) is 17.1. The summed E-state index contributed by atoms with van der Waals surface area (Å²) in [4.78, 5) is 16.8. The van der Waals surface area contributed by atoms with E-state index in [4.69, 9.17) is 11.6 Å². The van der Waals surface area contributed by atoms with Gasteiger partial charge in [0.25, 0.3) is 0 Å². The maximum absolute atomic E-state index is 11.2. The van der Waals surface area contributed by atoms with Gasteiger partial charge in [0.1, 0.15) is 5.15 Å². The van der Waals surface area contributed by atoms with E-state index in [-0.39, 0.29) is 16.9 Å². The summed E-state index contributed by atoms with van der Waals surface area (Å²) in [5, 5.41) is 11.5. The number of anilines is 2. The van der Waals surface area contributed by atoms with Gasteiger partial charge in [0.15, 0.2) is 0 Å². The smallest absolute Gasteiger partial charge is 0.312 e. The highest BCUT2D eigenvalue weighted by Gasteiger charge is 2.32. The van der Waals surface area contributed by atoms with Gasteiger partial charge >= 0.3 is 5.69 Å². The third-order valence-corrected chi connectivity index (χ3v) is 3.66. The molecule has 1 aromatic carbocycles. The Bertz CT molecular complexity index is 690. The third-order valence-electron chi connectivity index (χ3n) is 3.45. The first-order chi connectivity index (χ1) is 9.58. The van der Waals surface area contributed by atoms with Crippen LogP contribution >= 0.6 is 11.6 Å². The lowest BCUT2D eigenvalue weighted by Gasteiger charge is -2.23. The van der Waals surface area contributed by atoms with Gasteiger partial charge in [-0.2, -0.15) is 0 Å². The van der Waals surface area contributed by atoms with Crippen LogP contribution in [0.25, 0.3) is 0 Å². The van der Waals surface area contributed by atoms with Crippen LogP contribution in [-0.2, 0) is 6.42 Å². The summed E-state index contributed by atoms with van der Waals surface area (Å²) in [6, 6.07) is 10.8. The predicted molar refractivity (Wildman–Crippen MR) is 77.6 cm³/mol. The molecule has 0 saturated carbocycles. The largest absolute Gasteiger partial charge is 0.317 e. The van der Waals surface area contributed by atoms with E-state index < -0.39 is 4.92 Å². The van der Waals surface area contributed by atoms with Gasteiger partial charge in [0, 0.05) is 17.8 Å². The second kappa shape index (κ2) is 4.76. The van der Waals surface area contributed by atoms with Crippen molar-refractivity contribution in [1.29, 1.82) is 0 Å². The minimum Gasteiger partial charge on any atom is -0.317 e. The van der Waals surface area contributed by atoms with Crippen LogP contribution in [-0.4, -0.2) is 15.9 Å². The molecule has 0 amide bonds. The Morgan fingerprint density at radius 2 is 2.10 bits per heavy atom. The van der Waals surface area contributed by atoms with E-state index in [0.717, 1.165) is 17.7 Å². The number of nitrogens with zero attached hydrogens (tertiary/aromatic N) is 3. The third kappa shape index (κ3) is 2.00. The highest BCUT2D eigenvalue weighted by atomic mass is 35.5. The SMILES string of the molecule is CC1Cc2ccccc2N1c1nc(Cl)ccc1[N+](=O)[O-]. The number of para-hydroxylation sites is 1. The van der Waals surface area contributed by atoms with E-state index in [2.05, 4.69) is 4.98 Å². The van der Waals surface area contributed by atoms with Crippen LogP contribution in [0.4, 0.5) is 17.2 Å². The van der Waals surface area contributed by atoms with Crippen LogP contribution in [0, 0.1) is 10.1 Å². The molecule has 1 aromatic heterocycles. The highest BCUT2D eigenvalue weighted by molar-refractivity contribution is 6.29. The van der Waals surface area contributed by atoms with Gasteiger partial charge in [0.2, 0.25) is 5.82 Å². The van der Waals surface area contributed by atoms with Gasteiger partial charge in [-0.15, -0.1) is 0 Å². The molecular formula is C14H12ClN3O2. The zero-order valence-corrected chi connectivity index (χ0v) is 11.5. The summed E-state index contributed by atoms with van der Waals surface area (Å²) >= 11 is 5.91. The molecule has 3 rings (SSSR count). The summed E-state index contributed by atoms with van der Waals surface area (Å²) in [5.74, 6) is 0.306. The maximum Gasteiger partial charge on any atom is 0.312 e. The first kappa shape index (κ1) is 12.9. The van der Waals surface area contributed by atoms with E-state index in [1.54, 1.807) is 0 Å². The molecule has 1 aliphatic rings. The number of pyridine rings is 1.